The Labute approximate surface area is 156 Å². The zero-order chi connectivity index (χ0) is 18.4. The maximum atomic E-state index is 12.8. The normalized spacial score (nSPS) is 10.5. The fourth-order valence-electron chi connectivity index (χ4n) is 1.88. The highest BCUT2D eigenvalue weighted by atomic mass is 32.2. The highest BCUT2D eigenvalue weighted by Gasteiger charge is 2.12. The summed E-state index contributed by atoms with van der Waals surface area (Å²) in [6.45, 7) is 0.103. The lowest BCUT2D eigenvalue weighted by atomic mass is 10.3. The van der Waals surface area contributed by atoms with Gasteiger partial charge >= 0.3 is 0 Å². The first kappa shape index (κ1) is 18.1. The second-order valence-electron chi connectivity index (χ2n) is 4.97. The Hall–Kier alpha value is -2.72. The Morgan fingerprint density at radius 3 is 2.73 bits per heavy atom. The van der Waals surface area contributed by atoms with E-state index < -0.39 is 0 Å². The molecule has 2 N–H and O–H groups in total. The molecular weight excluding hydrogens is 379 g/mol. The van der Waals surface area contributed by atoms with Crippen LogP contribution in [0.15, 0.2) is 51.4 Å². The molecule has 1 aromatic carbocycles. The number of anilines is 1. The van der Waals surface area contributed by atoms with Crippen molar-refractivity contribution in [1.29, 1.82) is 0 Å². The topological polar surface area (TPSA) is 97.1 Å². The van der Waals surface area contributed by atoms with Crippen molar-refractivity contribution in [3.63, 3.8) is 0 Å². The average molecular weight is 392 g/mol. The molecule has 3 rings (SSSR count). The van der Waals surface area contributed by atoms with E-state index in [1.807, 2.05) is 5.38 Å². The standard InChI is InChI=1S/C16H13FN4O3S2/c17-10-3-5-11(6-4-10)19-13(22)9-26-16-21-20-14(24-16)8-18-15(23)12-2-1-7-25-12/h1-7H,8-9H2,(H,18,23)(H,19,22). The lowest BCUT2D eigenvalue weighted by molar-refractivity contribution is -0.113. The molecule has 134 valence electrons. The number of thiophene rings is 1. The van der Waals surface area contributed by atoms with Crippen LogP contribution in [0.2, 0.25) is 0 Å². The highest BCUT2D eigenvalue weighted by molar-refractivity contribution is 7.99. The second kappa shape index (κ2) is 8.59. The van der Waals surface area contributed by atoms with Crippen molar-refractivity contribution in [2.75, 3.05) is 11.1 Å². The minimum atomic E-state index is -0.373. The summed E-state index contributed by atoms with van der Waals surface area (Å²) in [5.74, 6) is -0.572. The van der Waals surface area contributed by atoms with E-state index in [0.29, 0.717) is 10.6 Å². The Kier molecular flexibility index (Phi) is 5.97. The van der Waals surface area contributed by atoms with Crippen LogP contribution in [0.1, 0.15) is 15.6 Å². The average Bonchev–Trinajstić information content (AvgIpc) is 3.32. The van der Waals surface area contributed by atoms with Crippen molar-refractivity contribution in [3.05, 3.63) is 58.4 Å². The smallest absolute Gasteiger partial charge is 0.277 e. The maximum Gasteiger partial charge on any atom is 0.277 e. The van der Waals surface area contributed by atoms with Gasteiger partial charge in [-0.15, -0.1) is 21.5 Å². The molecule has 0 fully saturated rings. The van der Waals surface area contributed by atoms with E-state index in [4.69, 9.17) is 4.42 Å². The quantitative estimate of drug-likeness (QED) is 0.600. The molecule has 0 unspecified atom stereocenters. The molecule has 0 atom stereocenters. The second-order valence-corrected chi connectivity index (χ2v) is 6.84. The summed E-state index contributed by atoms with van der Waals surface area (Å²) in [4.78, 5) is 24.3. The molecule has 3 aromatic rings. The Balaban J connectivity index is 1.43. The van der Waals surface area contributed by atoms with E-state index in [1.54, 1.807) is 12.1 Å². The summed E-state index contributed by atoms with van der Waals surface area (Å²) < 4.78 is 18.2. The molecule has 0 aliphatic heterocycles. The largest absolute Gasteiger partial charge is 0.414 e. The van der Waals surface area contributed by atoms with E-state index in [1.165, 1.54) is 35.6 Å². The third-order valence-corrected chi connectivity index (χ3v) is 4.74. The third-order valence-electron chi connectivity index (χ3n) is 3.05. The molecule has 0 bridgehead atoms. The van der Waals surface area contributed by atoms with Crippen LogP contribution in [0.25, 0.3) is 0 Å². The predicted molar refractivity (Wildman–Crippen MR) is 95.5 cm³/mol. The molecule has 26 heavy (non-hydrogen) atoms. The van der Waals surface area contributed by atoms with Gasteiger partial charge in [-0.25, -0.2) is 4.39 Å². The Morgan fingerprint density at radius 1 is 1.19 bits per heavy atom. The zero-order valence-corrected chi connectivity index (χ0v) is 14.9. The molecule has 10 heteroatoms. The summed E-state index contributed by atoms with van der Waals surface area (Å²) in [6.07, 6.45) is 0. The van der Waals surface area contributed by atoms with Crippen LogP contribution in [-0.2, 0) is 11.3 Å². The molecule has 0 saturated carbocycles. The van der Waals surface area contributed by atoms with Gasteiger partial charge in [-0.2, -0.15) is 0 Å². The van der Waals surface area contributed by atoms with Gasteiger partial charge in [0.25, 0.3) is 11.1 Å². The number of nitrogens with one attached hydrogen (secondary N) is 2. The molecule has 0 spiro atoms. The Morgan fingerprint density at radius 2 is 2.00 bits per heavy atom. The third kappa shape index (κ3) is 5.14. The van der Waals surface area contributed by atoms with Crippen LogP contribution in [-0.4, -0.2) is 27.8 Å². The number of rotatable bonds is 7. The SMILES string of the molecule is O=C(CSc1nnc(CNC(=O)c2cccs2)o1)Nc1ccc(F)cc1. The molecule has 2 aromatic heterocycles. The van der Waals surface area contributed by atoms with Gasteiger partial charge in [-0.3, -0.25) is 9.59 Å². The number of nitrogens with zero attached hydrogens (tertiary/aromatic N) is 2. The number of benzene rings is 1. The molecule has 7 nitrogen and oxygen atoms in total. The summed E-state index contributed by atoms with van der Waals surface area (Å²) >= 11 is 2.40. The van der Waals surface area contributed by atoms with Gasteiger partial charge in [0.2, 0.25) is 11.8 Å². The minimum Gasteiger partial charge on any atom is -0.414 e. The number of hydrogen-bond acceptors (Lipinski definition) is 7. The number of hydrogen-bond donors (Lipinski definition) is 2. The molecule has 2 heterocycles. The fourth-order valence-corrected chi connectivity index (χ4v) is 3.10. The van der Waals surface area contributed by atoms with Crippen LogP contribution >= 0.6 is 23.1 Å². The fraction of sp³-hybridized carbons (Fsp3) is 0.125. The molecule has 0 radical (unpaired) electrons. The summed E-state index contributed by atoms with van der Waals surface area (Å²) in [7, 11) is 0. The number of thioether (sulfide) groups is 1. The Bertz CT molecular complexity index is 881. The van der Waals surface area contributed by atoms with E-state index >= 15 is 0 Å². The lowest BCUT2D eigenvalue weighted by Crippen LogP contribution is -2.21. The van der Waals surface area contributed by atoms with Gasteiger partial charge in [-0.05, 0) is 35.7 Å². The molecule has 0 aliphatic rings. The molecule has 0 aliphatic carbocycles. The van der Waals surface area contributed by atoms with Crippen molar-refractivity contribution in [3.8, 4) is 0 Å². The number of carbonyl (C=O) groups is 2. The molecule has 0 saturated heterocycles. The monoisotopic (exact) mass is 392 g/mol. The van der Waals surface area contributed by atoms with Gasteiger partial charge < -0.3 is 15.1 Å². The first-order valence-electron chi connectivity index (χ1n) is 7.42. The van der Waals surface area contributed by atoms with E-state index in [-0.39, 0.29) is 41.0 Å². The van der Waals surface area contributed by atoms with Crippen LogP contribution in [0, 0.1) is 5.82 Å². The minimum absolute atomic E-state index is 0.0561. The summed E-state index contributed by atoms with van der Waals surface area (Å²) in [6, 6.07) is 8.97. The van der Waals surface area contributed by atoms with Crippen molar-refractivity contribution in [2.24, 2.45) is 0 Å². The number of halogens is 1. The van der Waals surface area contributed by atoms with Gasteiger partial charge in [0.1, 0.15) is 5.82 Å². The van der Waals surface area contributed by atoms with Gasteiger partial charge in [-0.1, -0.05) is 17.8 Å². The van der Waals surface area contributed by atoms with E-state index in [2.05, 4.69) is 20.8 Å². The first-order chi connectivity index (χ1) is 12.6. The van der Waals surface area contributed by atoms with Gasteiger partial charge in [0.15, 0.2) is 0 Å². The number of aromatic nitrogens is 2. The van der Waals surface area contributed by atoms with Crippen molar-refractivity contribution >= 4 is 40.6 Å². The van der Waals surface area contributed by atoms with Crippen LogP contribution < -0.4 is 10.6 Å². The van der Waals surface area contributed by atoms with E-state index in [0.717, 1.165) is 11.8 Å². The summed E-state index contributed by atoms with van der Waals surface area (Å²) in [5.41, 5.74) is 0.500. The first-order valence-corrected chi connectivity index (χ1v) is 9.29. The van der Waals surface area contributed by atoms with Gasteiger partial charge in [0.05, 0.1) is 17.2 Å². The summed E-state index contributed by atoms with van der Waals surface area (Å²) in [5, 5.41) is 15.0. The highest BCUT2D eigenvalue weighted by Crippen LogP contribution is 2.17. The van der Waals surface area contributed by atoms with Crippen molar-refractivity contribution < 1.29 is 18.4 Å². The maximum absolute atomic E-state index is 12.8. The predicted octanol–water partition coefficient (Wildman–Crippen LogP) is 2.93. The van der Waals surface area contributed by atoms with E-state index in [9.17, 15) is 14.0 Å². The van der Waals surface area contributed by atoms with Crippen molar-refractivity contribution in [1.82, 2.24) is 15.5 Å². The van der Waals surface area contributed by atoms with Crippen molar-refractivity contribution in [2.45, 2.75) is 11.8 Å². The van der Waals surface area contributed by atoms with Gasteiger partial charge in [0, 0.05) is 5.69 Å². The molecule has 2 amide bonds. The number of amides is 2. The molecular formula is C16H13FN4O3S2. The lowest BCUT2D eigenvalue weighted by Gasteiger charge is -2.03. The van der Waals surface area contributed by atoms with Crippen LogP contribution in [0.3, 0.4) is 0 Å². The number of carbonyl (C=O) groups excluding carboxylic acids is 2. The van der Waals surface area contributed by atoms with Crippen LogP contribution in [0.4, 0.5) is 10.1 Å². The van der Waals surface area contributed by atoms with Crippen LogP contribution in [0.5, 0.6) is 0 Å². The zero-order valence-electron chi connectivity index (χ0n) is 13.3.